The Morgan fingerprint density at radius 1 is 1.37 bits per heavy atom. The fourth-order valence-corrected chi connectivity index (χ4v) is 2.03. The largest absolute Gasteiger partial charge is 0.321 e. The van der Waals surface area contributed by atoms with Gasteiger partial charge in [0.2, 0.25) is 0 Å². The summed E-state index contributed by atoms with van der Waals surface area (Å²) >= 11 is 6.27. The predicted octanol–water partition coefficient (Wildman–Crippen LogP) is 1.44. The molecule has 0 aromatic carbocycles. The zero-order valence-electron chi connectivity index (χ0n) is 12.8. The maximum atomic E-state index is 6.43. The second-order valence-corrected chi connectivity index (χ2v) is 6.34. The molecule has 1 atom stereocenters. The van der Waals surface area contributed by atoms with E-state index in [0.717, 1.165) is 18.8 Å². The average Bonchev–Trinajstić information content (AvgIpc) is 2.66. The molecule has 0 spiro atoms. The minimum atomic E-state index is -0.195. The molecule has 0 aliphatic heterocycles. The van der Waals surface area contributed by atoms with E-state index in [1.165, 1.54) is 0 Å². The van der Waals surface area contributed by atoms with Crippen molar-refractivity contribution in [2.75, 3.05) is 34.7 Å². The molecule has 6 heteroatoms. The van der Waals surface area contributed by atoms with E-state index in [1.807, 2.05) is 32.9 Å². The molecule has 0 aliphatic rings. The van der Waals surface area contributed by atoms with E-state index in [0.29, 0.717) is 5.02 Å². The zero-order valence-corrected chi connectivity index (χ0v) is 13.6. The summed E-state index contributed by atoms with van der Waals surface area (Å²) < 4.78 is 1.91. The number of hydrogen-bond acceptors (Lipinski definition) is 4. The Labute approximate surface area is 121 Å². The summed E-state index contributed by atoms with van der Waals surface area (Å²) in [5, 5.41) is 4.98. The van der Waals surface area contributed by atoms with Crippen molar-refractivity contribution in [1.82, 2.24) is 19.6 Å². The quantitative estimate of drug-likeness (QED) is 0.860. The van der Waals surface area contributed by atoms with Crippen LogP contribution in [0.4, 0.5) is 0 Å². The Morgan fingerprint density at radius 3 is 2.42 bits per heavy atom. The molecule has 0 aliphatic carbocycles. The SMILES string of the molecule is CN(C)CCn1ncc(Cl)c1C(N)C(C)(C)N(C)C. The molecular formula is C13H26ClN5. The van der Waals surface area contributed by atoms with Gasteiger partial charge in [0.25, 0.3) is 0 Å². The molecule has 1 aromatic heterocycles. The van der Waals surface area contributed by atoms with Gasteiger partial charge in [-0.15, -0.1) is 0 Å². The van der Waals surface area contributed by atoms with E-state index < -0.39 is 0 Å². The lowest BCUT2D eigenvalue weighted by molar-refractivity contribution is 0.153. The molecule has 0 saturated heterocycles. The fourth-order valence-electron chi connectivity index (χ4n) is 1.77. The summed E-state index contributed by atoms with van der Waals surface area (Å²) in [6.07, 6.45) is 1.68. The Hall–Kier alpha value is -0.620. The van der Waals surface area contributed by atoms with Crippen LogP contribution in [0.1, 0.15) is 25.6 Å². The van der Waals surface area contributed by atoms with Gasteiger partial charge >= 0.3 is 0 Å². The van der Waals surface area contributed by atoms with Gasteiger partial charge in [0.15, 0.2) is 0 Å². The van der Waals surface area contributed by atoms with Gasteiger partial charge < -0.3 is 15.5 Å². The summed E-state index contributed by atoms with van der Waals surface area (Å²) in [7, 11) is 8.12. The van der Waals surface area contributed by atoms with Crippen LogP contribution in [0.5, 0.6) is 0 Å². The number of halogens is 1. The molecule has 1 unspecified atom stereocenters. The number of aromatic nitrogens is 2. The summed E-state index contributed by atoms with van der Waals surface area (Å²) in [6.45, 7) is 5.90. The lowest BCUT2D eigenvalue weighted by Gasteiger charge is -2.38. The Bertz CT molecular complexity index is 411. The van der Waals surface area contributed by atoms with Crippen LogP contribution in [0.3, 0.4) is 0 Å². The van der Waals surface area contributed by atoms with Crippen LogP contribution in [0.2, 0.25) is 5.02 Å². The molecule has 0 radical (unpaired) electrons. The highest BCUT2D eigenvalue weighted by atomic mass is 35.5. The molecule has 19 heavy (non-hydrogen) atoms. The van der Waals surface area contributed by atoms with Crippen molar-refractivity contribution in [2.24, 2.45) is 5.73 Å². The Balaban J connectivity index is 3.02. The van der Waals surface area contributed by atoms with Gasteiger partial charge in [-0.25, -0.2) is 0 Å². The first-order valence-corrected chi connectivity index (χ1v) is 6.84. The van der Waals surface area contributed by atoms with Crippen molar-refractivity contribution in [1.29, 1.82) is 0 Å². The van der Waals surface area contributed by atoms with Gasteiger partial charge in [-0.1, -0.05) is 11.6 Å². The summed E-state index contributed by atoms with van der Waals surface area (Å²) in [6, 6.07) is -0.195. The lowest BCUT2D eigenvalue weighted by Crippen LogP contribution is -2.48. The number of nitrogens with zero attached hydrogens (tertiary/aromatic N) is 4. The summed E-state index contributed by atoms with van der Waals surface area (Å²) in [5.74, 6) is 0. The van der Waals surface area contributed by atoms with Gasteiger partial charge in [-0.3, -0.25) is 4.68 Å². The van der Waals surface area contributed by atoms with E-state index in [9.17, 15) is 0 Å². The van der Waals surface area contributed by atoms with Crippen molar-refractivity contribution in [2.45, 2.75) is 32.0 Å². The molecule has 0 amide bonds. The normalized spacial score (nSPS) is 14.4. The molecule has 1 heterocycles. The van der Waals surface area contributed by atoms with E-state index in [-0.39, 0.29) is 11.6 Å². The first-order chi connectivity index (χ1) is 8.67. The van der Waals surface area contributed by atoms with E-state index in [4.69, 9.17) is 17.3 Å². The third kappa shape index (κ3) is 3.69. The number of nitrogens with two attached hydrogens (primary N) is 1. The third-order valence-electron chi connectivity index (χ3n) is 3.80. The topological polar surface area (TPSA) is 50.3 Å². The highest BCUT2D eigenvalue weighted by Crippen LogP contribution is 2.31. The number of rotatable bonds is 6. The average molecular weight is 288 g/mol. The molecule has 1 aromatic rings. The smallest absolute Gasteiger partial charge is 0.0834 e. The maximum absolute atomic E-state index is 6.43. The van der Waals surface area contributed by atoms with Crippen molar-refractivity contribution < 1.29 is 0 Å². The predicted molar refractivity (Wildman–Crippen MR) is 80.5 cm³/mol. The standard InChI is InChI=1S/C13H26ClN5/c1-13(2,18(5)6)12(15)11-10(14)9-16-19(11)8-7-17(3)4/h9,12H,7-8,15H2,1-6H3. The molecule has 2 N–H and O–H groups in total. The van der Waals surface area contributed by atoms with Crippen molar-refractivity contribution in [3.63, 3.8) is 0 Å². The first kappa shape index (κ1) is 16.4. The van der Waals surface area contributed by atoms with Crippen molar-refractivity contribution in [3.8, 4) is 0 Å². The van der Waals surface area contributed by atoms with Crippen LogP contribution >= 0.6 is 11.6 Å². The second kappa shape index (κ2) is 6.22. The third-order valence-corrected chi connectivity index (χ3v) is 4.09. The van der Waals surface area contributed by atoms with Crippen LogP contribution in [0.25, 0.3) is 0 Å². The monoisotopic (exact) mass is 287 g/mol. The van der Waals surface area contributed by atoms with Gasteiger partial charge in [0, 0.05) is 12.1 Å². The molecule has 0 fully saturated rings. The van der Waals surface area contributed by atoms with Crippen molar-refractivity contribution in [3.05, 3.63) is 16.9 Å². The highest BCUT2D eigenvalue weighted by Gasteiger charge is 2.33. The minimum Gasteiger partial charge on any atom is -0.321 e. The molecule has 110 valence electrons. The van der Waals surface area contributed by atoms with Crippen LogP contribution in [0, 0.1) is 0 Å². The fraction of sp³-hybridized carbons (Fsp3) is 0.769. The minimum absolute atomic E-state index is 0.195. The summed E-state index contributed by atoms with van der Waals surface area (Å²) in [5.41, 5.74) is 7.14. The number of likely N-dealkylation sites (N-methyl/N-ethyl adjacent to an activating group) is 2. The van der Waals surface area contributed by atoms with Crippen LogP contribution in [-0.4, -0.2) is 59.9 Å². The van der Waals surface area contributed by atoms with Crippen LogP contribution < -0.4 is 5.73 Å². The molecule has 0 saturated carbocycles. The second-order valence-electron chi connectivity index (χ2n) is 5.93. The lowest BCUT2D eigenvalue weighted by atomic mass is 9.91. The first-order valence-electron chi connectivity index (χ1n) is 6.47. The van der Waals surface area contributed by atoms with Crippen molar-refractivity contribution >= 4 is 11.6 Å². The van der Waals surface area contributed by atoms with E-state index in [2.05, 4.69) is 28.7 Å². The van der Waals surface area contributed by atoms with Gasteiger partial charge in [0.1, 0.15) is 0 Å². The number of hydrogen-bond donors (Lipinski definition) is 1. The van der Waals surface area contributed by atoms with Crippen LogP contribution in [-0.2, 0) is 6.54 Å². The van der Waals surface area contributed by atoms with Gasteiger partial charge in [-0.05, 0) is 42.0 Å². The molecular weight excluding hydrogens is 262 g/mol. The molecule has 0 bridgehead atoms. The molecule has 5 nitrogen and oxygen atoms in total. The van der Waals surface area contributed by atoms with E-state index >= 15 is 0 Å². The maximum Gasteiger partial charge on any atom is 0.0834 e. The Morgan fingerprint density at radius 2 is 1.95 bits per heavy atom. The molecule has 1 rings (SSSR count). The summed E-state index contributed by atoms with van der Waals surface area (Å²) in [4.78, 5) is 4.22. The van der Waals surface area contributed by atoms with Crippen LogP contribution in [0.15, 0.2) is 6.20 Å². The van der Waals surface area contributed by atoms with Gasteiger partial charge in [0.05, 0.1) is 29.5 Å². The van der Waals surface area contributed by atoms with Gasteiger partial charge in [-0.2, -0.15) is 5.10 Å². The Kier molecular flexibility index (Phi) is 5.38. The van der Waals surface area contributed by atoms with E-state index in [1.54, 1.807) is 6.20 Å². The highest BCUT2D eigenvalue weighted by molar-refractivity contribution is 6.31. The zero-order chi connectivity index (χ0) is 14.8.